The number of nitrogens with zero attached hydrogens (tertiary/aromatic N) is 2. The smallest absolute Gasteiger partial charge is 0.133 e. The highest BCUT2D eigenvalue weighted by Crippen LogP contribution is 2.20. The van der Waals surface area contributed by atoms with E-state index >= 15 is 0 Å². The lowest BCUT2D eigenvalue weighted by molar-refractivity contribution is 0.415. The number of hydrogen-bond acceptors (Lipinski definition) is 2. The van der Waals surface area contributed by atoms with Crippen LogP contribution in [0.5, 0.6) is 5.75 Å². The lowest BCUT2D eigenvalue weighted by Gasteiger charge is -2.09. The van der Waals surface area contributed by atoms with Crippen LogP contribution in [0.2, 0.25) is 0 Å². The highest BCUT2D eigenvalue weighted by molar-refractivity contribution is 5.79. The SMILES string of the molecule is COc1ccc(/C=C/c2nc3ccccc3n2CC(C)C)cc1. The molecule has 0 atom stereocenters. The minimum Gasteiger partial charge on any atom is -0.497 e. The van der Waals surface area contributed by atoms with Crippen molar-refractivity contribution in [3.05, 3.63) is 59.9 Å². The predicted octanol–water partition coefficient (Wildman–Crippen LogP) is 4.87. The molecule has 1 heterocycles. The first-order valence-electron chi connectivity index (χ1n) is 7.95. The highest BCUT2D eigenvalue weighted by atomic mass is 16.5. The Bertz CT molecular complexity index is 813. The lowest BCUT2D eigenvalue weighted by Crippen LogP contribution is -2.06. The van der Waals surface area contributed by atoms with Crippen molar-refractivity contribution < 1.29 is 4.74 Å². The second-order valence-electron chi connectivity index (χ2n) is 6.07. The Hall–Kier alpha value is -2.55. The molecule has 0 N–H and O–H groups in total. The number of aromatic nitrogens is 2. The van der Waals surface area contributed by atoms with Gasteiger partial charge in [0.25, 0.3) is 0 Å². The number of fused-ring (bicyclic) bond motifs is 1. The third kappa shape index (κ3) is 3.45. The largest absolute Gasteiger partial charge is 0.497 e. The Balaban J connectivity index is 1.95. The van der Waals surface area contributed by atoms with Crippen LogP contribution < -0.4 is 4.74 Å². The Labute approximate surface area is 137 Å². The molecule has 0 saturated heterocycles. The summed E-state index contributed by atoms with van der Waals surface area (Å²) >= 11 is 0. The van der Waals surface area contributed by atoms with Crippen LogP contribution in [0, 0.1) is 5.92 Å². The summed E-state index contributed by atoms with van der Waals surface area (Å²) in [6.45, 7) is 5.42. The summed E-state index contributed by atoms with van der Waals surface area (Å²) in [6.07, 6.45) is 4.18. The molecule has 0 amide bonds. The molecule has 0 radical (unpaired) electrons. The number of methoxy groups -OCH3 is 1. The van der Waals surface area contributed by atoms with Gasteiger partial charge in [0.1, 0.15) is 11.6 Å². The van der Waals surface area contributed by atoms with E-state index in [1.807, 2.05) is 30.3 Å². The van der Waals surface area contributed by atoms with Crippen molar-refractivity contribution in [1.82, 2.24) is 9.55 Å². The first-order chi connectivity index (χ1) is 11.2. The van der Waals surface area contributed by atoms with E-state index in [9.17, 15) is 0 Å². The molecule has 3 heteroatoms. The van der Waals surface area contributed by atoms with Gasteiger partial charge in [0.15, 0.2) is 0 Å². The fraction of sp³-hybridized carbons (Fsp3) is 0.250. The molecular formula is C20H22N2O. The van der Waals surface area contributed by atoms with Gasteiger partial charge in [0, 0.05) is 6.54 Å². The van der Waals surface area contributed by atoms with Gasteiger partial charge < -0.3 is 9.30 Å². The van der Waals surface area contributed by atoms with Crippen LogP contribution in [0.15, 0.2) is 48.5 Å². The van der Waals surface area contributed by atoms with Crippen LogP contribution in [0.25, 0.3) is 23.2 Å². The molecule has 0 aliphatic rings. The van der Waals surface area contributed by atoms with Gasteiger partial charge in [0.05, 0.1) is 18.1 Å². The molecule has 0 aliphatic heterocycles. The number of hydrogen-bond donors (Lipinski definition) is 0. The van der Waals surface area contributed by atoms with Crippen molar-refractivity contribution in [1.29, 1.82) is 0 Å². The Kier molecular flexibility index (Phi) is 4.47. The van der Waals surface area contributed by atoms with Crippen LogP contribution in [0.3, 0.4) is 0 Å². The van der Waals surface area contributed by atoms with Crippen LogP contribution >= 0.6 is 0 Å². The summed E-state index contributed by atoms with van der Waals surface area (Å²) in [5, 5.41) is 0. The van der Waals surface area contributed by atoms with Gasteiger partial charge in [-0.1, -0.05) is 44.2 Å². The zero-order chi connectivity index (χ0) is 16.2. The molecule has 23 heavy (non-hydrogen) atoms. The van der Waals surface area contributed by atoms with Gasteiger partial charge in [0.2, 0.25) is 0 Å². The molecule has 2 aromatic carbocycles. The fourth-order valence-electron chi connectivity index (χ4n) is 2.66. The van der Waals surface area contributed by atoms with E-state index in [4.69, 9.17) is 9.72 Å². The van der Waals surface area contributed by atoms with Gasteiger partial charge in [-0.25, -0.2) is 4.98 Å². The first-order valence-corrected chi connectivity index (χ1v) is 7.95. The van der Waals surface area contributed by atoms with Crippen LogP contribution in [-0.4, -0.2) is 16.7 Å². The van der Waals surface area contributed by atoms with E-state index in [2.05, 4.69) is 48.8 Å². The number of imidazole rings is 1. The third-order valence-corrected chi connectivity index (χ3v) is 3.77. The number of benzene rings is 2. The van der Waals surface area contributed by atoms with Crippen molar-refractivity contribution in [3.8, 4) is 5.75 Å². The van der Waals surface area contributed by atoms with Crippen molar-refractivity contribution in [2.75, 3.05) is 7.11 Å². The van der Waals surface area contributed by atoms with Crippen molar-refractivity contribution >= 4 is 23.2 Å². The normalized spacial score (nSPS) is 11.7. The van der Waals surface area contributed by atoms with Crippen molar-refractivity contribution in [2.45, 2.75) is 20.4 Å². The van der Waals surface area contributed by atoms with Gasteiger partial charge in [-0.05, 0) is 41.8 Å². The molecule has 118 valence electrons. The average Bonchev–Trinajstić information content (AvgIpc) is 2.91. The highest BCUT2D eigenvalue weighted by Gasteiger charge is 2.09. The molecule has 3 nitrogen and oxygen atoms in total. The molecule has 0 saturated carbocycles. The summed E-state index contributed by atoms with van der Waals surface area (Å²) < 4.78 is 7.49. The quantitative estimate of drug-likeness (QED) is 0.672. The summed E-state index contributed by atoms with van der Waals surface area (Å²) in [6, 6.07) is 16.3. The lowest BCUT2D eigenvalue weighted by atomic mass is 10.2. The molecule has 0 spiro atoms. The molecule has 0 fully saturated rings. The monoisotopic (exact) mass is 306 g/mol. The zero-order valence-corrected chi connectivity index (χ0v) is 13.9. The molecule has 0 bridgehead atoms. The fourth-order valence-corrected chi connectivity index (χ4v) is 2.66. The van der Waals surface area contributed by atoms with Crippen LogP contribution in [0.1, 0.15) is 25.2 Å². The second kappa shape index (κ2) is 6.69. The second-order valence-corrected chi connectivity index (χ2v) is 6.07. The van der Waals surface area contributed by atoms with E-state index in [-0.39, 0.29) is 0 Å². The molecular weight excluding hydrogens is 284 g/mol. The van der Waals surface area contributed by atoms with Gasteiger partial charge >= 0.3 is 0 Å². The topological polar surface area (TPSA) is 27.1 Å². The molecule has 0 unspecified atom stereocenters. The van der Waals surface area contributed by atoms with E-state index < -0.39 is 0 Å². The molecule has 0 aliphatic carbocycles. The summed E-state index contributed by atoms with van der Waals surface area (Å²) in [4.78, 5) is 4.77. The first kappa shape index (κ1) is 15.3. The Morgan fingerprint density at radius 1 is 1.04 bits per heavy atom. The molecule has 3 aromatic rings. The molecule has 1 aromatic heterocycles. The number of para-hydroxylation sites is 2. The predicted molar refractivity (Wildman–Crippen MR) is 96.5 cm³/mol. The van der Waals surface area contributed by atoms with Crippen LogP contribution in [-0.2, 0) is 6.54 Å². The maximum Gasteiger partial charge on any atom is 0.133 e. The minimum atomic E-state index is 0.570. The Morgan fingerprint density at radius 2 is 1.78 bits per heavy atom. The van der Waals surface area contributed by atoms with Gasteiger partial charge in [-0.3, -0.25) is 0 Å². The van der Waals surface area contributed by atoms with E-state index in [1.54, 1.807) is 7.11 Å². The summed E-state index contributed by atoms with van der Waals surface area (Å²) in [7, 11) is 1.68. The minimum absolute atomic E-state index is 0.570. The van der Waals surface area contributed by atoms with Crippen molar-refractivity contribution in [3.63, 3.8) is 0 Å². The number of ether oxygens (including phenoxy) is 1. The van der Waals surface area contributed by atoms with E-state index in [0.29, 0.717) is 5.92 Å². The maximum atomic E-state index is 5.19. The standard InChI is InChI=1S/C20H22N2O/c1-15(2)14-22-19-7-5-4-6-18(19)21-20(22)13-10-16-8-11-17(23-3)12-9-16/h4-13,15H,14H2,1-3H3/b13-10+. The van der Waals surface area contributed by atoms with E-state index in [1.165, 1.54) is 5.52 Å². The van der Waals surface area contributed by atoms with Gasteiger partial charge in [-0.2, -0.15) is 0 Å². The summed E-state index contributed by atoms with van der Waals surface area (Å²) in [5.41, 5.74) is 3.37. The number of rotatable bonds is 5. The average molecular weight is 306 g/mol. The van der Waals surface area contributed by atoms with Gasteiger partial charge in [-0.15, -0.1) is 0 Å². The Morgan fingerprint density at radius 3 is 2.48 bits per heavy atom. The maximum absolute atomic E-state index is 5.19. The van der Waals surface area contributed by atoms with E-state index in [0.717, 1.165) is 29.2 Å². The van der Waals surface area contributed by atoms with Crippen molar-refractivity contribution in [2.24, 2.45) is 5.92 Å². The molecule has 3 rings (SSSR count). The zero-order valence-electron chi connectivity index (χ0n) is 13.9. The summed E-state index contributed by atoms with van der Waals surface area (Å²) in [5.74, 6) is 2.44. The third-order valence-electron chi connectivity index (χ3n) is 3.77. The van der Waals surface area contributed by atoms with Crippen LogP contribution in [0.4, 0.5) is 0 Å².